The van der Waals surface area contributed by atoms with Gasteiger partial charge in [0.1, 0.15) is 0 Å². The SMILES string of the molecule is Cc1ccc(S(=O)OCCCC(CCOS(=O)(=O)c2ccc(C)cc2)COS(=O)(=O)c2ccc(C)cc2)cc1. The Bertz CT molecular complexity index is 1430. The molecule has 0 fully saturated rings. The maximum Gasteiger partial charge on any atom is 0.296 e. The van der Waals surface area contributed by atoms with E-state index in [-0.39, 0.29) is 42.0 Å². The molecule has 3 aromatic carbocycles. The monoisotopic (exact) mass is 594 g/mol. The fourth-order valence-corrected chi connectivity index (χ4v) is 6.25. The Labute approximate surface area is 234 Å². The maximum atomic E-state index is 12.7. The summed E-state index contributed by atoms with van der Waals surface area (Å²) in [7, 11) is -7.95. The van der Waals surface area contributed by atoms with Gasteiger partial charge >= 0.3 is 0 Å². The molecule has 0 aliphatic heterocycles. The van der Waals surface area contributed by atoms with E-state index < -0.39 is 31.3 Å². The Morgan fingerprint density at radius 2 is 1.10 bits per heavy atom. The van der Waals surface area contributed by atoms with E-state index in [1.165, 1.54) is 24.3 Å². The first kappa shape index (κ1) is 31.1. The zero-order valence-electron chi connectivity index (χ0n) is 22.2. The molecule has 11 heteroatoms. The van der Waals surface area contributed by atoms with Crippen LogP contribution in [-0.4, -0.2) is 40.9 Å². The first-order valence-corrected chi connectivity index (χ1v) is 16.4. The summed E-state index contributed by atoms with van der Waals surface area (Å²) in [6.07, 6.45) is 1.14. The maximum absolute atomic E-state index is 12.7. The molecule has 0 N–H and O–H groups in total. The molecule has 3 aromatic rings. The van der Waals surface area contributed by atoms with Gasteiger partial charge in [-0.2, -0.15) is 16.8 Å². The van der Waals surface area contributed by atoms with Gasteiger partial charge in [-0.25, -0.2) is 4.21 Å². The largest absolute Gasteiger partial charge is 0.296 e. The lowest BCUT2D eigenvalue weighted by molar-refractivity contribution is 0.196. The van der Waals surface area contributed by atoms with Crippen LogP contribution in [0, 0.1) is 26.7 Å². The second-order valence-electron chi connectivity index (χ2n) is 9.31. The third kappa shape index (κ3) is 9.93. The third-order valence-corrected chi connectivity index (χ3v) is 9.66. The summed E-state index contributed by atoms with van der Waals surface area (Å²) in [6.45, 7) is 5.50. The van der Waals surface area contributed by atoms with Gasteiger partial charge in [0.05, 0.1) is 34.5 Å². The highest BCUT2D eigenvalue weighted by molar-refractivity contribution is 7.87. The minimum atomic E-state index is -4.00. The van der Waals surface area contributed by atoms with Crippen molar-refractivity contribution >= 4 is 31.3 Å². The van der Waals surface area contributed by atoms with Crippen molar-refractivity contribution in [2.24, 2.45) is 5.92 Å². The third-order valence-electron chi connectivity index (χ3n) is 6.00. The zero-order valence-corrected chi connectivity index (χ0v) is 24.7. The number of aryl methyl sites for hydroxylation is 3. The molecule has 8 nitrogen and oxygen atoms in total. The standard InChI is InChI=1S/C28H34O8S3/c1-22-6-12-26(13-7-22)37(29)34-19-4-5-25(21-36-39(32,33)28-16-10-24(3)11-17-28)18-20-35-38(30,31)27-14-8-23(2)9-15-27/h6-17,25H,4-5,18-21H2,1-3H3. The van der Waals surface area contributed by atoms with Gasteiger partial charge < -0.3 is 0 Å². The van der Waals surface area contributed by atoms with E-state index in [2.05, 4.69) is 0 Å². The summed E-state index contributed by atoms with van der Waals surface area (Å²) >= 11 is -1.62. The molecule has 0 spiro atoms. The van der Waals surface area contributed by atoms with E-state index in [0.717, 1.165) is 16.7 Å². The van der Waals surface area contributed by atoms with Crippen LogP contribution in [0.3, 0.4) is 0 Å². The van der Waals surface area contributed by atoms with Crippen molar-refractivity contribution in [2.45, 2.75) is 54.7 Å². The summed E-state index contributed by atoms with van der Waals surface area (Å²) in [5, 5.41) is 0. The van der Waals surface area contributed by atoms with Crippen molar-refractivity contribution in [1.29, 1.82) is 0 Å². The minimum Gasteiger partial charge on any atom is -0.287 e. The van der Waals surface area contributed by atoms with E-state index in [9.17, 15) is 21.0 Å². The smallest absolute Gasteiger partial charge is 0.287 e. The molecular weight excluding hydrogens is 561 g/mol. The molecule has 3 rings (SSSR count). The van der Waals surface area contributed by atoms with Gasteiger partial charge in [0.15, 0.2) is 11.1 Å². The first-order chi connectivity index (χ1) is 18.5. The molecule has 39 heavy (non-hydrogen) atoms. The van der Waals surface area contributed by atoms with Crippen LogP contribution < -0.4 is 0 Å². The van der Waals surface area contributed by atoms with Crippen LogP contribution in [0.25, 0.3) is 0 Å². The molecule has 0 amide bonds. The van der Waals surface area contributed by atoms with Gasteiger partial charge in [-0.3, -0.25) is 12.5 Å². The molecule has 0 heterocycles. The van der Waals surface area contributed by atoms with E-state index in [0.29, 0.717) is 17.7 Å². The molecule has 0 aromatic heterocycles. The van der Waals surface area contributed by atoms with E-state index in [4.69, 9.17) is 12.5 Å². The molecule has 0 radical (unpaired) electrons. The van der Waals surface area contributed by atoms with Gasteiger partial charge in [0.2, 0.25) is 0 Å². The highest BCUT2D eigenvalue weighted by Gasteiger charge is 2.21. The summed E-state index contributed by atoms with van der Waals surface area (Å²) in [5.41, 5.74) is 2.89. The Balaban J connectivity index is 1.58. The van der Waals surface area contributed by atoms with Gasteiger partial charge in [-0.05, 0) is 82.3 Å². The lowest BCUT2D eigenvalue weighted by Crippen LogP contribution is -2.18. The molecular formula is C28H34O8S3. The molecule has 0 aliphatic rings. The van der Waals surface area contributed by atoms with Gasteiger partial charge in [0, 0.05) is 0 Å². The highest BCUT2D eigenvalue weighted by Crippen LogP contribution is 2.20. The van der Waals surface area contributed by atoms with Gasteiger partial charge in [0.25, 0.3) is 20.2 Å². The average molecular weight is 595 g/mol. The normalized spacial score (nSPS) is 13.7. The van der Waals surface area contributed by atoms with Crippen molar-refractivity contribution in [2.75, 3.05) is 19.8 Å². The Kier molecular flexibility index (Phi) is 11.4. The Hall–Kier alpha value is -2.41. The molecule has 0 saturated carbocycles. The Morgan fingerprint density at radius 3 is 1.62 bits per heavy atom. The quantitative estimate of drug-likeness (QED) is 0.173. The van der Waals surface area contributed by atoms with Crippen LogP contribution in [0.15, 0.2) is 87.5 Å². The van der Waals surface area contributed by atoms with Crippen LogP contribution in [0.4, 0.5) is 0 Å². The second kappa shape index (κ2) is 14.3. The predicted octanol–water partition coefficient (Wildman–Crippen LogP) is 5.25. The summed E-state index contributed by atoms with van der Waals surface area (Å²) in [5.74, 6) is -0.352. The summed E-state index contributed by atoms with van der Waals surface area (Å²) in [6, 6.07) is 19.8. The Morgan fingerprint density at radius 1 is 0.641 bits per heavy atom. The first-order valence-electron chi connectivity index (χ1n) is 12.5. The molecule has 0 saturated heterocycles. The molecule has 0 aliphatic carbocycles. The van der Waals surface area contributed by atoms with Crippen LogP contribution >= 0.6 is 0 Å². The number of rotatable bonds is 15. The van der Waals surface area contributed by atoms with Crippen LogP contribution in [0.2, 0.25) is 0 Å². The number of hydrogen-bond acceptors (Lipinski definition) is 8. The number of benzene rings is 3. The highest BCUT2D eigenvalue weighted by atomic mass is 32.2. The van der Waals surface area contributed by atoms with E-state index in [1.54, 1.807) is 36.4 Å². The predicted molar refractivity (Wildman–Crippen MR) is 150 cm³/mol. The molecule has 2 unspecified atom stereocenters. The average Bonchev–Trinajstić information content (AvgIpc) is 2.90. The van der Waals surface area contributed by atoms with Crippen LogP contribution in [0.1, 0.15) is 36.0 Å². The van der Waals surface area contributed by atoms with Crippen molar-refractivity contribution in [3.8, 4) is 0 Å². The summed E-state index contributed by atoms with van der Waals surface area (Å²) < 4.78 is 78.8. The lowest BCUT2D eigenvalue weighted by atomic mass is 10.0. The fraction of sp³-hybridized carbons (Fsp3) is 0.357. The zero-order chi connectivity index (χ0) is 28.5. The van der Waals surface area contributed by atoms with E-state index in [1.807, 2.05) is 32.9 Å². The van der Waals surface area contributed by atoms with E-state index >= 15 is 0 Å². The van der Waals surface area contributed by atoms with Crippen molar-refractivity contribution in [3.05, 3.63) is 89.5 Å². The second-order valence-corrected chi connectivity index (χ2v) is 13.7. The summed E-state index contributed by atoms with van der Waals surface area (Å²) in [4.78, 5) is 0.649. The molecule has 0 bridgehead atoms. The number of hydrogen-bond donors (Lipinski definition) is 0. The molecule has 212 valence electrons. The molecule has 2 atom stereocenters. The van der Waals surface area contributed by atoms with Gasteiger partial charge in [-0.15, -0.1) is 0 Å². The topological polar surface area (TPSA) is 113 Å². The van der Waals surface area contributed by atoms with Crippen molar-refractivity contribution in [3.63, 3.8) is 0 Å². The van der Waals surface area contributed by atoms with Gasteiger partial charge in [-0.1, -0.05) is 53.1 Å². The fourth-order valence-electron chi connectivity index (χ4n) is 3.59. The van der Waals surface area contributed by atoms with Crippen molar-refractivity contribution in [1.82, 2.24) is 0 Å². The van der Waals surface area contributed by atoms with Crippen molar-refractivity contribution < 1.29 is 33.6 Å². The lowest BCUT2D eigenvalue weighted by Gasteiger charge is -2.17. The van der Waals surface area contributed by atoms with Crippen LogP contribution in [-0.2, 0) is 43.9 Å². The van der Waals surface area contributed by atoms with Crippen LogP contribution in [0.5, 0.6) is 0 Å². The minimum absolute atomic E-state index is 0.0434.